The molecular weight excluding hydrogens is 237 g/mol. The first-order chi connectivity index (χ1) is 7.88. The first-order valence-corrected chi connectivity index (χ1v) is 4.67. The highest BCUT2D eigenvalue weighted by atomic mass is 19.4. The molecule has 0 spiro atoms. The van der Waals surface area contributed by atoms with Gasteiger partial charge in [-0.2, -0.15) is 13.2 Å². The SMILES string of the molecule is O=[N+]([O-])c1cccc2ccn(CC(F)(F)F)c12. The number of nitro groups is 1. The van der Waals surface area contributed by atoms with E-state index in [1.807, 2.05) is 0 Å². The lowest BCUT2D eigenvalue weighted by molar-refractivity contribution is -0.383. The first-order valence-electron chi connectivity index (χ1n) is 4.67. The topological polar surface area (TPSA) is 48.1 Å². The number of rotatable bonds is 2. The molecule has 0 amide bonds. The quantitative estimate of drug-likeness (QED) is 0.602. The van der Waals surface area contributed by atoms with Crippen LogP contribution >= 0.6 is 0 Å². The van der Waals surface area contributed by atoms with Crippen molar-refractivity contribution in [2.24, 2.45) is 0 Å². The number of non-ortho nitro benzene ring substituents is 1. The summed E-state index contributed by atoms with van der Waals surface area (Å²) in [5, 5.41) is 11.2. The van der Waals surface area contributed by atoms with E-state index in [0.717, 1.165) is 4.57 Å². The summed E-state index contributed by atoms with van der Waals surface area (Å²) in [5.74, 6) is 0. The van der Waals surface area contributed by atoms with E-state index in [4.69, 9.17) is 0 Å². The average molecular weight is 244 g/mol. The Morgan fingerprint density at radius 2 is 2.00 bits per heavy atom. The number of fused-ring (bicyclic) bond motifs is 1. The zero-order valence-electron chi connectivity index (χ0n) is 8.44. The van der Waals surface area contributed by atoms with Gasteiger partial charge in [0.05, 0.1) is 4.92 Å². The van der Waals surface area contributed by atoms with E-state index in [1.54, 1.807) is 0 Å². The third-order valence-corrected chi connectivity index (χ3v) is 2.31. The Balaban J connectivity index is 2.61. The van der Waals surface area contributed by atoms with Crippen molar-refractivity contribution in [2.45, 2.75) is 12.7 Å². The van der Waals surface area contributed by atoms with E-state index in [-0.39, 0.29) is 11.2 Å². The van der Waals surface area contributed by atoms with Crippen LogP contribution in [0.3, 0.4) is 0 Å². The number of aromatic nitrogens is 1. The highest BCUT2D eigenvalue weighted by Crippen LogP contribution is 2.29. The fourth-order valence-electron chi connectivity index (χ4n) is 1.71. The third kappa shape index (κ3) is 2.22. The first kappa shape index (κ1) is 11.4. The lowest BCUT2D eigenvalue weighted by Gasteiger charge is -2.08. The summed E-state index contributed by atoms with van der Waals surface area (Å²) in [6.45, 7) is -1.23. The standard InChI is InChI=1S/C10H7F3N2O2/c11-10(12,13)6-14-5-4-7-2-1-3-8(9(7)14)15(16)17/h1-5H,6H2. The van der Waals surface area contributed by atoms with E-state index < -0.39 is 17.6 Å². The Hall–Kier alpha value is -2.05. The molecule has 0 unspecified atom stereocenters. The van der Waals surface area contributed by atoms with Gasteiger partial charge in [-0.3, -0.25) is 10.1 Å². The van der Waals surface area contributed by atoms with Gasteiger partial charge in [-0.25, -0.2) is 0 Å². The molecule has 0 atom stereocenters. The van der Waals surface area contributed by atoms with Crippen LogP contribution in [0.1, 0.15) is 0 Å². The highest BCUT2D eigenvalue weighted by molar-refractivity contribution is 5.88. The smallest absolute Gasteiger partial charge is 0.333 e. The van der Waals surface area contributed by atoms with E-state index in [0.29, 0.717) is 5.39 Å². The maximum absolute atomic E-state index is 12.3. The molecule has 0 saturated carbocycles. The predicted molar refractivity (Wildman–Crippen MR) is 54.6 cm³/mol. The van der Waals surface area contributed by atoms with Crippen molar-refractivity contribution in [2.75, 3.05) is 0 Å². The van der Waals surface area contributed by atoms with Crippen molar-refractivity contribution in [3.05, 3.63) is 40.6 Å². The highest BCUT2D eigenvalue weighted by Gasteiger charge is 2.29. The number of para-hydroxylation sites is 1. The molecule has 2 aromatic rings. The van der Waals surface area contributed by atoms with Crippen LogP contribution in [0, 0.1) is 10.1 Å². The van der Waals surface area contributed by atoms with E-state index in [1.165, 1.54) is 30.5 Å². The lowest BCUT2D eigenvalue weighted by Crippen LogP contribution is -2.17. The molecule has 1 aromatic carbocycles. The Morgan fingerprint density at radius 3 is 2.59 bits per heavy atom. The molecule has 0 aliphatic heterocycles. The van der Waals surface area contributed by atoms with Crippen LogP contribution in [0.4, 0.5) is 18.9 Å². The Bertz CT molecular complexity index is 574. The maximum Gasteiger partial charge on any atom is 0.406 e. The normalized spacial score (nSPS) is 11.9. The monoisotopic (exact) mass is 244 g/mol. The van der Waals surface area contributed by atoms with Gasteiger partial charge in [0.1, 0.15) is 12.1 Å². The number of benzene rings is 1. The van der Waals surface area contributed by atoms with E-state index in [2.05, 4.69) is 0 Å². The summed E-state index contributed by atoms with van der Waals surface area (Å²) in [4.78, 5) is 10.1. The van der Waals surface area contributed by atoms with Gasteiger partial charge in [-0.1, -0.05) is 12.1 Å². The molecular formula is C10H7F3N2O2. The van der Waals surface area contributed by atoms with E-state index >= 15 is 0 Å². The molecule has 0 fully saturated rings. The van der Waals surface area contributed by atoms with Crippen molar-refractivity contribution in [3.63, 3.8) is 0 Å². The molecule has 1 heterocycles. The Kier molecular flexibility index (Phi) is 2.53. The number of halogens is 3. The van der Waals surface area contributed by atoms with Gasteiger partial charge in [0.15, 0.2) is 0 Å². The van der Waals surface area contributed by atoms with E-state index in [9.17, 15) is 23.3 Å². The molecule has 90 valence electrons. The van der Waals surface area contributed by atoms with Crippen LogP contribution in [0.2, 0.25) is 0 Å². The second-order valence-electron chi connectivity index (χ2n) is 3.53. The Morgan fingerprint density at radius 1 is 1.29 bits per heavy atom. The summed E-state index contributed by atoms with van der Waals surface area (Å²) in [6.07, 6.45) is -3.21. The molecule has 0 bridgehead atoms. The molecule has 0 aliphatic carbocycles. The van der Waals surface area contributed by atoms with Crippen LogP contribution in [-0.4, -0.2) is 15.7 Å². The van der Waals surface area contributed by atoms with Crippen molar-refractivity contribution < 1.29 is 18.1 Å². The lowest BCUT2D eigenvalue weighted by atomic mass is 10.2. The predicted octanol–water partition coefficient (Wildman–Crippen LogP) is 3.11. The minimum Gasteiger partial charge on any atom is -0.333 e. The number of alkyl halides is 3. The van der Waals surface area contributed by atoms with Gasteiger partial charge in [0.25, 0.3) is 5.69 Å². The van der Waals surface area contributed by atoms with Gasteiger partial charge in [0.2, 0.25) is 0 Å². The molecule has 0 N–H and O–H groups in total. The summed E-state index contributed by atoms with van der Waals surface area (Å²) in [7, 11) is 0. The van der Waals surface area contributed by atoms with Crippen LogP contribution < -0.4 is 0 Å². The largest absolute Gasteiger partial charge is 0.406 e. The van der Waals surface area contributed by atoms with Crippen LogP contribution in [0.5, 0.6) is 0 Å². The summed E-state index contributed by atoms with van der Waals surface area (Å²) < 4.78 is 37.7. The van der Waals surface area contributed by atoms with Gasteiger partial charge in [0, 0.05) is 17.6 Å². The number of nitrogens with zero attached hydrogens (tertiary/aromatic N) is 2. The van der Waals surface area contributed by atoms with Crippen molar-refractivity contribution >= 4 is 16.6 Å². The summed E-state index contributed by atoms with van der Waals surface area (Å²) in [5.41, 5.74) is -0.327. The van der Waals surface area contributed by atoms with Gasteiger partial charge in [-0.15, -0.1) is 0 Å². The van der Waals surface area contributed by atoms with Crippen LogP contribution in [0.15, 0.2) is 30.5 Å². The Labute approximate surface area is 93.4 Å². The fraction of sp³-hybridized carbons (Fsp3) is 0.200. The molecule has 2 rings (SSSR count). The number of nitro benzene ring substituents is 1. The number of hydrogen-bond donors (Lipinski definition) is 0. The maximum atomic E-state index is 12.3. The molecule has 17 heavy (non-hydrogen) atoms. The molecule has 1 aromatic heterocycles. The van der Waals surface area contributed by atoms with Crippen molar-refractivity contribution in [1.82, 2.24) is 4.57 Å². The van der Waals surface area contributed by atoms with Crippen LogP contribution in [-0.2, 0) is 6.54 Å². The average Bonchev–Trinajstić information content (AvgIpc) is 2.59. The zero-order valence-corrected chi connectivity index (χ0v) is 8.44. The summed E-state index contributed by atoms with van der Waals surface area (Å²) >= 11 is 0. The summed E-state index contributed by atoms with van der Waals surface area (Å²) in [6, 6.07) is 5.59. The van der Waals surface area contributed by atoms with Gasteiger partial charge >= 0.3 is 6.18 Å². The minimum absolute atomic E-state index is 0.00479. The second-order valence-corrected chi connectivity index (χ2v) is 3.53. The molecule has 4 nitrogen and oxygen atoms in total. The molecule has 0 aliphatic rings. The molecule has 0 saturated heterocycles. The third-order valence-electron chi connectivity index (χ3n) is 2.31. The molecule has 0 radical (unpaired) electrons. The second kappa shape index (κ2) is 3.76. The van der Waals surface area contributed by atoms with Crippen molar-refractivity contribution in [3.8, 4) is 0 Å². The minimum atomic E-state index is -4.41. The van der Waals surface area contributed by atoms with Gasteiger partial charge in [-0.05, 0) is 6.07 Å². The fourth-order valence-corrected chi connectivity index (χ4v) is 1.71. The van der Waals surface area contributed by atoms with Crippen LogP contribution in [0.25, 0.3) is 10.9 Å². The van der Waals surface area contributed by atoms with Crippen molar-refractivity contribution in [1.29, 1.82) is 0 Å². The van der Waals surface area contributed by atoms with Gasteiger partial charge < -0.3 is 4.57 Å². The number of hydrogen-bond acceptors (Lipinski definition) is 2. The molecule has 7 heteroatoms. The zero-order chi connectivity index (χ0) is 12.6.